The maximum absolute atomic E-state index is 13.8. The number of hydrazine groups is 1. The largest absolute Gasteiger partial charge is 0.353 e. The van der Waals surface area contributed by atoms with Crippen molar-refractivity contribution < 1.29 is 4.39 Å². The second-order valence-corrected chi connectivity index (χ2v) is 4.21. The van der Waals surface area contributed by atoms with Crippen LogP contribution in [0.3, 0.4) is 0 Å². The van der Waals surface area contributed by atoms with Gasteiger partial charge in [0, 0.05) is 18.7 Å². The number of nitrogens with one attached hydrogen (secondary N) is 1. The van der Waals surface area contributed by atoms with Crippen molar-refractivity contribution in [2.45, 2.75) is 13.0 Å². The highest BCUT2D eigenvalue weighted by atomic mass is 19.1. The van der Waals surface area contributed by atoms with E-state index in [1.807, 2.05) is 24.9 Å². The molecule has 0 aliphatic heterocycles. The van der Waals surface area contributed by atoms with Crippen LogP contribution in [0.2, 0.25) is 0 Å². The van der Waals surface area contributed by atoms with Crippen LogP contribution in [-0.2, 0) is 0 Å². The van der Waals surface area contributed by atoms with Crippen LogP contribution in [-0.4, -0.2) is 17.0 Å². The number of benzene rings is 1. The molecule has 6 heteroatoms. The van der Waals surface area contributed by atoms with E-state index in [4.69, 9.17) is 5.84 Å². The van der Waals surface area contributed by atoms with Crippen LogP contribution in [0.25, 0.3) is 0 Å². The van der Waals surface area contributed by atoms with E-state index >= 15 is 0 Å². The van der Waals surface area contributed by atoms with Gasteiger partial charge in [-0.2, -0.15) is 0 Å². The first-order valence-electron chi connectivity index (χ1n) is 5.89. The first kappa shape index (κ1) is 13.2. The predicted octanol–water partition coefficient (Wildman–Crippen LogP) is 2.10. The Morgan fingerprint density at radius 1 is 1.32 bits per heavy atom. The average Bonchev–Trinajstić information content (AvgIpc) is 2.46. The Balaban J connectivity index is 2.28. The summed E-state index contributed by atoms with van der Waals surface area (Å²) < 4.78 is 13.8. The zero-order valence-electron chi connectivity index (χ0n) is 10.8. The predicted molar refractivity (Wildman–Crippen MR) is 73.1 cm³/mol. The lowest BCUT2D eigenvalue weighted by Gasteiger charge is -2.26. The first-order valence-corrected chi connectivity index (χ1v) is 5.89. The van der Waals surface area contributed by atoms with Gasteiger partial charge in [-0.1, -0.05) is 18.2 Å². The number of anilines is 2. The minimum Gasteiger partial charge on any atom is -0.353 e. The second kappa shape index (κ2) is 5.62. The molecule has 3 N–H and O–H groups in total. The lowest BCUT2D eigenvalue weighted by atomic mass is 10.1. The fraction of sp³-hybridized carbons (Fsp3) is 0.231. The topological polar surface area (TPSA) is 67.1 Å². The van der Waals surface area contributed by atoms with Crippen molar-refractivity contribution in [2.24, 2.45) is 5.84 Å². The van der Waals surface area contributed by atoms with Crippen molar-refractivity contribution in [3.8, 4) is 0 Å². The van der Waals surface area contributed by atoms with Crippen molar-refractivity contribution in [1.82, 2.24) is 9.97 Å². The monoisotopic (exact) mass is 261 g/mol. The van der Waals surface area contributed by atoms with Gasteiger partial charge < -0.3 is 10.3 Å². The van der Waals surface area contributed by atoms with Crippen LogP contribution < -0.4 is 16.2 Å². The molecule has 0 bridgehead atoms. The van der Waals surface area contributed by atoms with Gasteiger partial charge >= 0.3 is 0 Å². The van der Waals surface area contributed by atoms with Crippen molar-refractivity contribution in [1.29, 1.82) is 0 Å². The number of hydrogen-bond donors (Lipinski definition) is 2. The van der Waals surface area contributed by atoms with E-state index < -0.39 is 0 Å². The van der Waals surface area contributed by atoms with Gasteiger partial charge in [-0.3, -0.25) is 0 Å². The minimum absolute atomic E-state index is 0.151. The first-order chi connectivity index (χ1) is 9.13. The number of nitrogens with two attached hydrogens (primary N) is 1. The number of nitrogens with zero attached hydrogens (tertiary/aromatic N) is 3. The summed E-state index contributed by atoms with van der Waals surface area (Å²) in [6.45, 7) is 1.91. The molecule has 1 heterocycles. The maximum Gasteiger partial charge on any atom is 0.145 e. The smallest absolute Gasteiger partial charge is 0.145 e. The Bertz CT molecular complexity index is 560. The van der Waals surface area contributed by atoms with E-state index in [1.54, 1.807) is 18.2 Å². The molecule has 5 nitrogen and oxygen atoms in total. The zero-order chi connectivity index (χ0) is 13.8. The molecule has 0 saturated carbocycles. The van der Waals surface area contributed by atoms with Gasteiger partial charge in [0.05, 0.1) is 6.04 Å². The van der Waals surface area contributed by atoms with E-state index in [0.717, 1.165) is 0 Å². The number of hydrogen-bond acceptors (Lipinski definition) is 5. The molecule has 0 aliphatic carbocycles. The molecule has 19 heavy (non-hydrogen) atoms. The summed E-state index contributed by atoms with van der Waals surface area (Å²) in [5.41, 5.74) is 3.08. The highest BCUT2D eigenvalue weighted by molar-refractivity contribution is 5.49. The number of halogens is 1. The Hall–Kier alpha value is -2.21. The van der Waals surface area contributed by atoms with Crippen molar-refractivity contribution in [3.05, 3.63) is 48.0 Å². The summed E-state index contributed by atoms with van der Waals surface area (Å²) in [7, 11) is 1.85. The van der Waals surface area contributed by atoms with Gasteiger partial charge in [0.2, 0.25) is 0 Å². The summed E-state index contributed by atoms with van der Waals surface area (Å²) in [6.07, 6.45) is 1.41. The lowest BCUT2D eigenvalue weighted by Crippen LogP contribution is -2.24. The number of nitrogen functional groups attached to an aromatic ring is 1. The molecule has 0 radical (unpaired) electrons. The molecular weight excluding hydrogens is 245 g/mol. The van der Waals surface area contributed by atoms with Gasteiger partial charge in [-0.05, 0) is 13.0 Å². The molecule has 1 atom stereocenters. The molecule has 0 fully saturated rings. The number of rotatable bonds is 4. The molecule has 1 unspecified atom stereocenters. The molecular formula is C13H16FN5. The SMILES string of the molecule is CC(c1ccccc1F)N(C)c1cc(NN)ncn1. The van der Waals surface area contributed by atoms with E-state index in [9.17, 15) is 4.39 Å². The fourth-order valence-electron chi connectivity index (χ4n) is 1.84. The van der Waals surface area contributed by atoms with Gasteiger partial charge in [0.15, 0.2) is 0 Å². The quantitative estimate of drug-likeness (QED) is 0.651. The highest BCUT2D eigenvalue weighted by Gasteiger charge is 2.16. The van der Waals surface area contributed by atoms with E-state index in [0.29, 0.717) is 17.2 Å². The molecule has 0 aliphatic rings. The van der Waals surface area contributed by atoms with Crippen LogP contribution in [0.1, 0.15) is 18.5 Å². The standard InChI is InChI=1S/C13H16FN5/c1-9(10-5-3-4-6-11(10)14)19(2)13-7-12(18-15)16-8-17-13/h3-9H,15H2,1-2H3,(H,16,17,18). The van der Waals surface area contributed by atoms with Gasteiger partial charge in [-0.25, -0.2) is 20.2 Å². The van der Waals surface area contributed by atoms with Crippen molar-refractivity contribution >= 4 is 11.6 Å². The van der Waals surface area contributed by atoms with Crippen LogP contribution in [0.15, 0.2) is 36.7 Å². The molecule has 2 rings (SSSR count). The van der Waals surface area contributed by atoms with Crippen LogP contribution in [0, 0.1) is 5.82 Å². The van der Waals surface area contributed by atoms with Crippen LogP contribution >= 0.6 is 0 Å². The summed E-state index contributed by atoms with van der Waals surface area (Å²) >= 11 is 0. The molecule has 0 amide bonds. The highest BCUT2D eigenvalue weighted by Crippen LogP contribution is 2.26. The fourth-order valence-corrected chi connectivity index (χ4v) is 1.84. The minimum atomic E-state index is -0.229. The van der Waals surface area contributed by atoms with Gasteiger partial charge in [-0.15, -0.1) is 0 Å². The van der Waals surface area contributed by atoms with Crippen molar-refractivity contribution in [3.63, 3.8) is 0 Å². The number of aromatic nitrogens is 2. The van der Waals surface area contributed by atoms with Crippen LogP contribution in [0.5, 0.6) is 0 Å². The Kier molecular flexibility index (Phi) is 3.91. The third-order valence-corrected chi connectivity index (χ3v) is 3.10. The Labute approximate surface area is 111 Å². The summed E-state index contributed by atoms with van der Waals surface area (Å²) in [6, 6.07) is 8.26. The molecule has 0 spiro atoms. The molecule has 2 aromatic rings. The Morgan fingerprint density at radius 3 is 2.74 bits per heavy atom. The van der Waals surface area contributed by atoms with Crippen molar-refractivity contribution in [2.75, 3.05) is 17.4 Å². The molecule has 1 aromatic carbocycles. The molecule has 1 aromatic heterocycles. The second-order valence-electron chi connectivity index (χ2n) is 4.21. The summed E-state index contributed by atoms with van der Waals surface area (Å²) in [4.78, 5) is 9.96. The molecule has 0 saturated heterocycles. The lowest BCUT2D eigenvalue weighted by molar-refractivity contribution is 0.584. The third kappa shape index (κ3) is 2.79. The van der Waals surface area contributed by atoms with E-state index in [-0.39, 0.29) is 11.9 Å². The van der Waals surface area contributed by atoms with E-state index in [1.165, 1.54) is 12.4 Å². The Morgan fingerprint density at radius 2 is 2.05 bits per heavy atom. The van der Waals surface area contributed by atoms with Gasteiger partial charge in [0.25, 0.3) is 0 Å². The third-order valence-electron chi connectivity index (χ3n) is 3.10. The summed E-state index contributed by atoms with van der Waals surface area (Å²) in [5.74, 6) is 6.26. The zero-order valence-corrected chi connectivity index (χ0v) is 10.8. The maximum atomic E-state index is 13.8. The summed E-state index contributed by atoms with van der Waals surface area (Å²) in [5, 5.41) is 0. The average molecular weight is 261 g/mol. The molecule has 100 valence electrons. The van der Waals surface area contributed by atoms with Crippen LogP contribution in [0.4, 0.5) is 16.0 Å². The normalized spacial score (nSPS) is 12.0. The van der Waals surface area contributed by atoms with Gasteiger partial charge in [0.1, 0.15) is 23.8 Å². The van der Waals surface area contributed by atoms with E-state index in [2.05, 4.69) is 15.4 Å².